The molecule has 3 heteroatoms. The van der Waals surface area contributed by atoms with Crippen LogP contribution in [0.2, 0.25) is 0 Å². The van der Waals surface area contributed by atoms with E-state index in [1.165, 1.54) is 5.56 Å². The van der Waals surface area contributed by atoms with E-state index in [0.717, 1.165) is 22.5 Å². The van der Waals surface area contributed by atoms with E-state index in [2.05, 4.69) is 36.3 Å². The number of nitriles is 1. The second-order valence-corrected chi connectivity index (χ2v) is 5.10. The highest BCUT2D eigenvalue weighted by Gasteiger charge is 2.06. The summed E-state index contributed by atoms with van der Waals surface area (Å²) in [7, 11) is 0. The molecule has 0 N–H and O–H groups in total. The summed E-state index contributed by atoms with van der Waals surface area (Å²) in [5.74, 6) is 0. The van der Waals surface area contributed by atoms with Crippen LogP contribution in [0, 0.1) is 25.2 Å². The Bertz CT molecular complexity index is 838. The first-order valence-corrected chi connectivity index (χ1v) is 6.81. The van der Waals surface area contributed by atoms with Crippen LogP contribution in [0.15, 0.2) is 54.7 Å². The third kappa shape index (κ3) is 2.56. The van der Waals surface area contributed by atoms with Crippen LogP contribution in [-0.4, -0.2) is 9.78 Å². The molecule has 0 aliphatic carbocycles. The average Bonchev–Trinajstić information content (AvgIpc) is 2.94. The lowest BCUT2D eigenvalue weighted by Crippen LogP contribution is -1.98. The average molecular weight is 273 g/mol. The largest absolute Gasteiger partial charge is 0.240 e. The predicted octanol–water partition coefficient (Wildman–Crippen LogP) is 4.03. The van der Waals surface area contributed by atoms with Crippen LogP contribution < -0.4 is 0 Å². The highest BCUT2D eigenvalue weighted by atomic mass is 15.3. The van der Waals surface area contributed by atoms with Crippen molar-refractivity contribution in [2.75, 3.05) is 0 Å². The molecule has 0 atom stereocenters. The number of hydrogen-bond acceptors (Lipinski definition) is 2. The first kappa shape index (κ1) is 13.1. The summed E-state index contributed by atoms with van der Waals surface area (Å²) in [6, 6.07) is 18.1. The van der Waals surface area contributed by atoms with Gasteiger partial charge in [-0.05, 0) is 54.8 Å². The number of aromatic nitrogens is 2. The van der Waals surface area contributed by atoms with Gasteiger partial charge in [0.25, 0.3) is 0 Å². The fraction of sp³-hybridized carbons (Fsp3) is 0.111. The maximum atomic E-state index is 9.02. The van der Waals surface area contributed by atoms with Gasteiger partial charge in [-0.25, -0.2) is 4.68 Å². The fourth-order valence-electron chi connectivity index (χ4n) is 2.35. The number of hydrogen-bond donors (Lipinski definition) is 0. The molecule has 0 saturated carbocycles. The summed E-state index contributed by atoms with van der Waals surface area (Å²) in [5, 5.41) is 13.5. The number of aryl methyl sites for hydroxylation is 2. The molecule has 0 aliphatic rings. The van der Waals surface area contributed by atoms with Gasteiger partial charge in [-0.15, -0.1) is 0 Å². The molecule has 0 aliphatic heterocycles. The lowest BCUT2D eigenvalue weighted by molar-refractivity contribution is 0.856. The molecule has 1 heterocycles. The van der Waals surface area contributed by atoms with Crippen LogP contribution >= 0.6 is 0 Å². The van der Waals surface area contributed by atoms with Gasteiger partial charge in [0.15, 0.2) is 0 Å². The Morgan fingerprint density at radius 1 is 1.00 bits per heavy atom. The van der Waals surface area contributed by atoms with E-state index in [1.54, 1.807) is 0 Å². The topological polar surface area (TPSA) is 41.6 Å². The minimum absolute atomic E-state index is 0.671. The van der Waals surface area contributed by atoms with Gasteiger partial charge in [0.1, 0.15) is 0 Å². The summed E-state index contributed by atoms with van der Waals surface area (Å²) in [4.78, 5) is 0. The third-order valence-corrected chi connectivity index (χ3v) is 3.50. The van der Waals surface area contributed by atoms with E-state index >= 15 is 0 Å². The van der Waals surface area contributed by atoms with Crippen LogP contribution in [0.1, 0.15) is 16.8 Å². The Morgan fingerprint density at radius 3 is 2.52 bits per heavy atom. The highest BCUT2D eigenvalue weighted by Crippen LogP contribution is 2.25. The van der Waals surface area contributed by atoms with Crippen LogP contribution in [0.3, 0.4) is 0 Å². The summed E-state index contributed by atoms with van der Waals surface area (Å²) in [6.07, 6.45) is 1.97. The van der Waals surface area contributed by atoms with Crippen molar-refractivity contribution in [3.63, 3.8) is 0 Å². The first-order valence-electron chi connectivity index (χ1n) is 6.81. The van der Waals surface area contributed by atoms with Crippen LogP contribution in [-0.2, 0) is 0 Å². The van der Waals surface area contributed by atoms with Crippen molar-refractivity contribution in [2.45, 2.75) is 13.8 Å². The Hall–Kier alpha value is -2.86. The summed E-state index contributed by atoms with van der Waals surface area (Å²) >= 11 is 0. The summed E-state index contributed by atoms with van der Waals surface area (Å²) in [6.45, 7) is 4.05. The van der Waals surface area contributed by atoms with E-state index in [1.807, 2.05) is 48.1 Å². The molecule has 21 heavy (non-hydrogen) atoms. The van der Waals surface area contributed by atoms with E-state index in [4.69, 9.17) is 5.26 Å². The molecular weight excluding hydrogens is 258 g/mol. The van der Waals surface area contributed by atoms with Gasteiger partial charge < -0.3 is 0 Å². The molecule has 1 aromatic heterocycles. The molecule has 0 spiro atoms. The molecule has 0 bridgehead atoms. The number of nitrogens with zero attached hydrogens (tertiary/aromatic N) is 3. The molecule has 3 rings (SSSR count). The second-order valence-electron chi connectivity index (χ2n) is 5.10. The monoisotopic (exact) mass is 273 g/mol. The molecular formula is C18H15N3. The van der Waals surface area contributed by atoms with Crippen molar-refractivity contribution < 1.29 is 0 Å². The van der Waals surface area contributed by atoms with Crippen LogP contribution in [0.4, 0.5) is 0 Å². The van der Waals surface area contributed by atoms with Gasteiger partial charge in [0.05, 0.1) is 23.0 Å². The minimum atomic E-state index is 0.671. The standard InChI is InChI=1S/C18H15N3/c1-13-6-7-17(16-5-3-4-15(10-16)12-19)11-18(13)21-9-8-14(2)20-21/h3-11H,1-2H3. The molecule has 2 aromatic carbocycles. The quantitative estimate of drug-likeness (QED) is 0.707. The van der Waals surface area contributed by atoms with E-state index in [-0.39, 0.29) is 0 Å². The van der Waals surface area contributed by atoms with Gasteiger partial charge in [-0.1, -0.05) is 24.3 Å². The SMILES string of the molecule is Cc1ccn(-c2cc(-c3cccc(C#N)c3)ccc2C)n1. The lowest BCUT2D eigenvalue weighted by Gasteiger charge is -2.09. The molecule has 0 fully saturated rings. The Labute approximate surface area is 124 Å². The molecule has 0 radical (unpaired) electrons. The van der Waals surface area contributed by atoms with E-state index in [0.29, 0.717) is 5.56 Å². The van der Waals surface area contributed by atoms with Crippen LogP contribution in [0.25, 0.3) is 16.8 Å². The zero-order chi connectivity index (χ0) is 14.8. The number of rotatable bonds is 2. The van der Waals surface area contributed by atoms with E-state index in [9.17, 15) is 0 Å². The van der Waals surface area contributed by atoms with Crippen molar-refractivity contribution in [3.05, 3.63) is 71.5 Å². The molecule has 3 aromatic rings. The molecule has 0 amide bonds. The van der Waals surface area contributed by atoms with Crippen molar-refractivity contribution in [2.24, 2.45) is 0 Å². The number of benzene rings is 2. The Kier molecular flexibility index (Phi) is 3.29. The highest BCUT2D eigenvalue weighted by molar-refractivity contribution is 5.68. The summed E-state index contributed by atoms with van der Waals surface area (Å²) < 4.78 is 1.89. The van der Waals surface area contributed by atoms with Gasteiger partial charge in [0, 0.05) is 6.20 Å². The van der Waals surface area contributed by atoms with Crippen molar-refractivity contribution in [1.82, 2.24) is 9.78 Å². The molecule has 102 valence electrons. The van der Waals surface area contributed by atoms with Crippen molar-refractivity contribution in [3.8, 4) is 22.9 Å². The van der Waals surface area contributed by atoms with Gasteiger partial charge in [-0.2, -0.15) is 10.4 Å². The third-order valence-electron chi connectivity index (χ3n) is 3.50. The normalized spacial score (nSPS) is 10.3. The Balaban J connectivity index is 2.11. The van der Waals surface area contributed by atoms with Gasteiger partial charge in [-0.3, -0.25) is 0 Å². The molecule has 0 saturated heterocycles. The maximum Gasteiger partial charge on any atom is 0.0991 e. The zero-order valence-corrected chi connectivity index (χ0v) is 12.0. The van der Waals surface area contributed by atoms with Gasteiger partial charge in [0.2, 0.25) is 0 Å². The maximum absolute atomic E-state index is 9.02. The van der Waals surface area contributed by atoms with Gasteiger partial charge >= 0.3 is 0 Å². The first-order chi connectivity index (χ1) is 10.2. The smallest absolute Gasteiger partial charge is 0.0991 e. The van der Waals surface area contributed by atoms with Crippen molar-refractivity contribution in [1.29, 1.82) is 5.26 Å². The second kappa shape index (κ2) is 5.26. The van der Waals surface area contributed by atoms with Crippen LogP contribution in [0.5, 0.6) is 0 Å². The Morgan fingerprint density at radius 2 is 1.81 bits per heavy atom. The molecule has 0 unspecified atom stereocenters. The molecule has 3 nitrogen and oxygen atoms in total. The van der Waals surface area contributed by atoms with Crippen molar-refractivity contribution >= 4 is 0 Å². The fourth-order valence-corrected chi connectivity index (χ4v) is 2.35. The summed E-state index contributed by atoms with van der Waals surface area (Å²) in [5.41, 5.74) is 6.01. The minimum Gasteiger partial charge on any atom is -0.240 e. The van der Waals surface area contributed by atoms with E-state index < -0.39 is 0 Å². The zero-order valence-electron chi connectivity index (χ0n) is 12.0. The predicted molar refractivity (Wildman–Crippen MR) is 83.2 cm³/mol. The lowest BCUT2D eigenvalue weighted by atomic mass is 10.0.